The molecule has 4 heteroatoms. The summed E-state index contributed by atoms with van der Waals surface area (Å²) in [6, 6.07) is 5.33. The lowest BCUT2D eigenvalue weighted by Crippen LogP contribution is -2.25. The third kappa shape index (κ3) is 2.73. The van der Waals surface area contributed by atoms with Crippen molar-refractivity contribution in [1.82, 2.24) is 0 Å². The summed E-state index contributed by atoms with van der Waals surface area (Å²) < 4.78 is 10.4. The van der Waals surface area contributed by atoms with E-state index in [1.807, 2.05) is 0 Å². The molecule has 2 rings (SSSR count). The van der Waals surface area contributed by atoms with Crippen LogP contribution in [-0.2, 0) is 0 Å². The van der Waals surface area contributed by atoms with Crippen molar-refractivity contribution in [3.8, 4) is 11.5 Å². The predicted octanol–water partition coefficient (Wildman–Crippen LogP) is 2.26. The highest BCUT2D eigenvalue weighted by Crippen LogP contribution is 2.35. The van der Waals surface area contributed by atoms with E-state index in [9.17, 15) is 4.79 Å². The molecule has 0 bridgehead atoms. The maximum Gasteiger partial charge on any atom is 0.166 e. The van der Waals surface area contributed by atoms with Gasteiger partial charge >= 0.3 is 0 Å². The maximum atomic E-state index is 12.5. The predicted molar refractivity (Wildman–Crippen MR) is 73.8 cm³/mol. The van der Waals surface area contributed by atoms with Crippen LogP contribution in [0.25, 0.3) is 0 Å². The number of carbonyl (C=O) groups is 1. The van der Waals surface area contributed by atoms with Crippen LogP contribution in [0.5, 0.6) is 11.5 Å². The van der Waals surface area contributed by atoms with E-state index in [2.05, 4.69) is 0 Å². The lowest BCUT2D eigenvalue weighted by atomic mass is 9.88. The molecule has 1 aliphatic rings. The molecule has 1 aromatic rings. The summed E-state index contributed by atoms with van der Waals surface area (Å²) in [6.07, 6.45) is 3.08. The van der Waals surface area contributed by atoms with Gasteiger partial charge in [-0.3, -0.25) is 4.79 Å². The second-order valence-electron chi connectivity index (χ2n) is 4.97. The summed E-state index contributed by atoms with van der Waals surface area (Å²) >= 11 is 0. The molecular weight excluding hydrogens is 242 g/mol. The van der Waals surface area contributed by atoms with Crippen LogP contribution in [0.2, 0.25) is 0 Å². The van der Waals surface area contributed by atoms with Crippen molar-refractivity contribution in [1.29, 1.82) is 0 Å². The summed E-state index contributed by atoms with van der Waals surface area (Å²) in [5.74, 6) is 1.79. The van der Waals surface area contributed by atoms with Gasteiger partial charge < -0.3 is 15.2 Å². The molecule has 2 N–H and O–H groups in total. The summed E-state index contributed by atoms with van der Waals surface area (Å²) in [6.45, 7) is 0.587. The normalized spacial score (nSPS) is 22.3. The number of benzene rings is 1. The van der Waals surface area contributed by atoms with E-state index in [0.29, 0.717) is 29.5 Å². The number of nitrogens with two attached hydrogens (primary N) is 1. The van der Waals surface area contributed by atoms with E-state index in [1.54, 1.807) is 32.4 Å². The van der Waals surface area contributed by atoms with E-state index in [-0.39, 0.29) is 11.7 Å². The van der Waals surface area contributed by atoms with Crippen LogP contribution in [0.3, 0.4) is 0 Å². The molecule has 0 aliphatic heterocycles. The van der Waals surface area contributed by atoms with Gasteiger partial charge in [-0.05, 0) is 43.5 Å². The highest BCUT2D eigenvalue weighted by atomic mass is 16.5. The van der Waals surface area contributed by atoms with Gasteiger partial charge in [0.25, 0.3) is 0 Å². The van der Waals surface area contributed by atoms with Crippen molar-refractivity contribution in [2.45, 2.75) is 19.3 Å². The highest BCUT2D eigenvalue weighted by Gasteiger charge is 2.32. The van der Waals surface area contributed by atoms with Crippen molar-refractivity contribution in [2.24, 2.45) is 17.6 Å². The molecule has 2 unspecified atom stereocenters. The molecule has 4 nitrogen and oxygen atoms in total. The van der Waals surface area contributed by atoms with Crippen LogP contribution in [-0.4, -0.2) is 26.5 Å². The first-order chi connectivity index (χ1) is 9.21. The Labute approximate surface area is 113 Å². The molecule has 1 aliphatic carbocycles. The lowest BCUT2D eigenvalue weighted by Gasteiger charge is -2.17. The fourth-order valence-electron chi connectivity index (χ4n) is 2.87. The van der Waals surface area contributed by atoms with Crippen LogP contribution in [0.1, 0.15) is 29.6 Å². The van der Waals surface area contributed by atoms with E-state index < -0.39 is 0 Å². The lowest BCUT2D eigenvalue weighted by molar-refractivity contribution is 0.0893. The molecule has 1 fully saturated rings. The van der Waals surface area contributed by atoms with Gasteiger partial charge in [-0.25, -0.2) is 0 Å². The molecule has 0 spiro atoms. The fourth-order valence-corrected chi connectivity index (χ4v) is 2.87. The number of hydrogen-bond acceptors (Lipinski definition) is 4. The Morgan fingerprint density at radius 3 is 2.63 bits per heavy atom. The first-order valence-electron chi connectivity index (χ1n) is 6.67. The number of Topliss-reactive ketones (excluding diaryl/α,β-unsaturated/α-hetero) is 1. The molecule has 0 heterocycles. The van der Waals surface area contributed by atoms with Gasteiger partial charge in [0.2, 0.25) is 0 Å². The van der Waals surface area contributed by atoms with Crippen LogP contribution in [0, 0.1) is 11.8 Å². The van der Waals surface area contributed by atoms with Gasteiger partial charge in [0.15, 0.2) is 17.3 Å². The Hall–Kier alpha value is -1.55. The Morgan fingerprint density at radius 1 is 1.26 bits per heavy atom. The largest absolute Gasteiger partial charge is 0.493 e. The minimum absolute atomic E-state index is 0.0584. The third-order valence-electron chi connectivity index (χ3n) is 3.97. The Balaban J connectivity index is 2.24. The quantitative estimate of drug-likeness (QED) is 0.828. The Kier molecular flexibility index (Phi) is 4.43. The molecule has 19 heavy (non-hydrogen) atoms. The molecule has 1 aromatic carbocycles. The number of hydrogen-bond donors (Lipinski definition) is 1. The zero-order valence-corrected chi connectivity index (χ0v) is 11.5. The monoisotopic (exact) mass is 263 g/mol. The summed E-state index contributed by atoms with van der Waals surface area (Å²) in [4.78, 5) is 12.5. The summed E-state index contributed by atoms with van der Waals surface area (Å²) in [5.41, 5.74) is 6.43. The number of methoxy groups -OCH3 is 2. The summed E-state index contributed by atoms with van der Waals surface area (Å²) in [7, 11) is 3.16. The Bertz CT molecular complexity index is 459. The fraction of sp³-hybridized carbons (Fsp3) is 0.533. The summed E-state index contributed by atoms with van der Waals surface area (Å²) in [5, 5.41) is 0. The zero-order chi connectivity index (χ0) is 13.8. The van der Waals surface area contributed by atoms with E-state index in [0.717, 1.165) is 19.3 Å². The molecular formula is C15H21NO3. The third-order valence-corrected chi connectivity index (χ3v) is 3.97. The molecule has 1 saturated carbocycles. The minimum Gasteiger partial charge on any atom is -0.493 e. The average Bonchev–Trinajstić information content (AvgIpc) is 2.94. The van der Waals surface area contributed by atoms with Gasteiger partial charge in [-0.2, -0.15) is 0 Å². The molecule has 0 saturated heterocycles. The van der Waals surface area contributed by atoms with E-state index >= 15 is 0 Å². The highest BCUT2D eigenvalue weighted by molar-refractivity contribution is 5.98. The van der Waals surface area contributed by atoms with E-state index in [1.165, 1.54) is 0 Å². The van der Waals surface area contributed by atoms with Crippen molar-refractivity contribution in [3.05, 3.63) is 23.8 Å². The van der Waals surface area contributed by atoms with Crippen molar-refractivity contribution >= 4 is 5.78 Å². The van der Waals surface area contributed by atoms with Crippen LogP contribution < -0.4 is 15.2 Å². The average molecular weight is 263 g/mol. The zero-order valence-electron chi connectivity index (χ0n) is 11.5. The molecule has 0 amide bonds. The van der Waals surface area contributed by atoms with Gasteiger partial charge in [0.05, 0.1) is 14.2 Å². The first-order valence-corrected chi connectivity index (χ1v) is 6.67. The standard InChI is InChI=1S/C15H21NO3/c1-18-13-7-6-10(8-14(13)19-2)15(17)12-5-3-4-11(12)9-16/h6-8,11-12H,3-5,9,16H2,1-2H3. The van der Waals surface area contributed by atoms with Crippen molar-refractivity contribution in [3.63, 3.8) is 0 Å². The second kappa shape index (κ2) is 6.06. The maximum absolute atomic E-state index is 12.5. The second-order valence-corrected chi connectivity index (χ2v) is 4.97. The van der Waals surface area contributed by atoms with Crippen LogP contribution in [0.4, 0.5) is 0 Å². The Morgan fingerprint density at radius 2 is 2.00 bits per heavy atom. The minimum atomic E-state index is 0.0584. The van der Waals surface area contributed by atoms with Gasteiger partial charge in [0, 0.05) is 11.5 Å². The smallest absolute Gasteiger partial charge is 0.166 e. The first kappa shape index (κ1) is 13.9. The molecule has 0 aromatic heterocycles. The number of rotatable bonds is 5. The SMILES string of the molecule is COc1ccc(C(=O)C2CCCC2CN)cc1OC. The van der Waals surface area contributed by atoms with Crippen molar-refractivity contribution in [2.75, 3.05) is 20.8 Å². The topological polar surface area (TPSA) is 61.5 Å². The van der Waals surface area contributed by atoms with Crippen LogP contribution >= 0.6 is 0 Å². The van der Waals surface area contributed by atoms with E-state index in [4.69, 9.17) is 15.2 Å². The van der Waals surface area contributed by atoms with Crippen LogP contribution in [0.15, 0.2) is 18.2 Å². The van der Waals surface area contributed by atoms with Gasteiger partial charge in [0.1, 0.15) is 0 Å². The van der Waals surface area contributed by atoms with Gasteiger partial charge in [-0.1, -0.05) is 6.42 Å². The molecule has 0 radical (unpaired) electrons. The van der Waals surface area contributed by atoms with Crippen molar-refractivity contribution < 1.29 is 14.3 Å². The number of carbonyl (C=O) groups excluding carboxylic acids is 1. The van der Waals surface area contributed by atoms with Gasteiger partial charge in [-0.15, -0.1) is 0 Å². The number of ether oxygens (including phenoxy) is 2. The molecule has 2 atom stereocenters. The molecule has 104 valence electrons. The number of ketones is 1.